The highest BCUT2D eigenvalue weighted by atomic mass is 35.5. The average molecular weight is 299 g/mol. The van der Waals surface area contributed by atoms with Crippen LogP contribution in [0.3, 0.4) is 0 Å². The van der Waals surface area contributed by atoms with Gasteiger partial charge in [0, 0.05) is 41.3 Å². The molecule has 0 saturated heterocycles. The van der Waals surface area contributed by atoms with Gasteiger partial charge in [0.05, 0.1) is 0 Å². The highest BCUT2D eigenvalue weighted by Gasteiger charge is 2.07. The fourth-order valence-corrected chi connectivity index (χ4v) is 2.44. The summed E-state index contributed by atoms with van der Waals surface area (Å²) in [5, 5.41) is 4.68. The first-order chi connectivity index (χ1) is 10.1. The molecule has 2 aromatic carbocycles. The van der Waals surface area contributed by atoms with E-state index in [1.54, 1.807) is 0 Å². The summed E-state index contributed by atoms with van der Waals surface area (Å²) >= 11 is 5.84. The average Bonchev–Trinajstić information content (AvgIpc) is 2.87. The first-order valence-electron chi connectivity index (χ1n) is 6.71. The summed E-state index contributed by atoms with van der Waals surface area (Å²) < 4.78 is 2.03. The van der Waals surface area contributed by atoms with Crippen LogP contribution >= 0.6 is 11.6 Å². The lowest BCUT2D eigenvalue weighted by atomic mass is 10.1. The Morgan fingerprint density at radius 2 is 1.90 bits per heavy atom. The van der Waals surface area contributed by atoms with E-state index in [9.17, 15) is 4.79 Å². The number of nitrogens with one attached hydrogen (secondary N) is 1. The lowest BCUT2D eigenvalue weighted by molar-refractivity contribution is 0.0951. The van der Waals surface area contributed by atoms with Crippen LogP contribution in [0.1, 0.15) is 15.9 Å². The maximum Gasteiger partial charge on any atom is 0.251 e. The molecule has 1 heterocycles. The zero-order valence-electron chi connectivity index (χ0n) is 11.6. The Morgan fingerprint density at radius 3 is 2.67 bits per heavy atom. The Hall–Kier alpha value is -2.26. The van der Waals surface area contributed by atoms with Crippen LogP contribution < -0.4 is 5.32 Å². The van der Waals surface area contributed by atoms with Gasteiger partial charge in [-0.25, -0.2) is 0 Å². The Labute approximate surface area is 128 Å². The zero-order valence-corrected chi connectivity index (χ0v) is 12.4. The third-order valence-electron chi connectivity index (χ3n) is 3.51. The fraction of sp³-hybridized carbons (Fsp3) is 0.118. The van der Waals surface area contributed by atoms with Crippen molar-refractivity contribution in [3.63, 3.8) is 0 Å². The molecule has 3 rings (SSSR count). The Kier molecular flexibility index (Phi) is 3.67. The van der Waals surface area contributed by atoms with Crippen molar-refractivity contribution in [1.29, 1.82) is 0 Å². The molecular formula is C17H15ClN2O. The maximum atomic E-state index is 12.2. The van der Waals surface area contributed by atoms with Gasteiger partial charge in [0.1, 0.15) is 0 Å². The van der Waals surface area contributed by atoms with Gasteiger partial charge in [-0.2, -0.15) is 0 Å². The molecule has 0 bridgehead atoms. The number of nitrogens with zero attached hydrogens (tertiary/aromatic N) is 1. The molecule has 21 heavy (non-hydrogen) atoms. The second kappa shape index (κ2) is 5.62. The van der Waals surface area contributed by atoms with Gasteiger partial charge in [-0.1, -0.05) is 23.7 Å². The van der Waals surface area contributed by atoms with E-state index in [1.165, 1.54) is 0 Å². The topological polar surface area (TPSA) is 34.0 Å². The van der Waals surface area contributed by atoms with Crippen molar-refractivity contribution >= 4 is 28.4 Å². The van der Waals surface area contributed by atoms with Crippen LogP contribution in [-0.4, -0.2) is 10.5 Å². The number of aryl methyl sites for hydroxylation is 1. The number of fused-ring (bicyclic) bond motifs is 1. The fourth-order valence-electron chi connectivity index (χ4n) is 2.31. The van der Waals surface area contributed by atoms with Gasteiger partial charge in [-0.3, -0.25) is 4.79 Å². The molecule has 0 aliphatic heterocycles. The van der Waals surface area contributed by atoms with Crippen LogP contribution in [0.4, 0.5) is 0 Å². The molecule has 0 unspecified atom stereocenters. The summed E-state index contributed by atoms with van der Waals surface area (Å²) in [5.74, 6) is -0.0734. The predicted molar refractivity (Wildman–Crippen MR) is 85.5 cm³/mol. The molecule has 3 aromatic rings. The molecule has 106 valence electrons. The minimum Gasteiger partial charge on any atom is -0.351 e. The summed E-state index contributed by atoms with van der Waals surface area (Å²) in [5.41, 5.74) is 2.81. The molecule has 0 atom stereocenters. The number of rotatable bonds is 3. The van der Waals surface area contributed by atoms with Crippen molar-refractivity contribution in [3.05, 3.63) is 70.9 Å². The SMILES string of the molecule is Cn1ccc2cc(C(=O)NCc3ccc(Cl)cc3)ccc21. The first-order valence-corrected chi connectivity index (χ1v) is 7.09. The van der Waals surface area contributed by atoms with Crippen molar-refractivity contribution in [3.8, 4) is 0 Å². The van der Waals surface area contributed by atoms with Crippen LogP contribution in [0, 0.1) is 0 Å². The Morgan fingerprint density at radius 1 is 1.14 bits per heavy atom. The van der Waals surface area contributed by atoms with Gasteiger partial charge in [-0.05, 0) is 42.0 Å². The van der Waals surface area contributed by atoms with Gasteiger partial charge in [-0.15, -0.1) is 0 Å². The van der Waals surface area contributed by atoms with E-state index in [-0.39, 0.29) is 5.91 Å². The van der Waals surface area contributed by atoms with Crippen molar-refractivity contribution in [2.75, 3.05) is 0 Å². The monoisotopic (exact) mass is 298 g/mol. The molecular weight excluding hydrogens is 284 g/mol. The third-order valence-corrected chi connectivity index (χ3v) is 3.77. The van der Waals surface area contributed by atoms with Crippen LogP contribution in [0.5, 0.6) is 0 Å². The molecule has 4 heteroatoms. The zero-order chi connectivity index (χ0) is 14.8. The van der Waals surface area contributed by atoms with Crippen molar-refractivity contribution in [1.82, 2.24) is 9.88 Å². The first kappa shape index (κ1) is 13.7. The van der Waals surface area contributed by atoms with E-state index in [0.717, 1.165) is 16.5 Å². The second-order valence-corrected chi connectivity index (χ2v) is 5.45. The lowest BCUT2D eigenvalue weighted by Crippen LogP contribution is -2.22. The third kappa shape index (κ3) is 2.93. The molecule has 1 aromatic heterocycles. The Bertz CT molecular complexity index is 790. The highest BCUT2D eigenvalue weighted by molar-refractivity contribution is 6.30. The van der Waals surface area contributed by atoms with E-state index in [0.29, 0.717) is 17.1 Å². The van der Waals surface area contributed by atoms with Gasteiger partial charge >= 0.3 is 0 Å². The number of carbonyl (C=O) groups excluding carboxylic acids is 1. The van der Waals surface area contributed by atoms with Crippen molar-refractivity contribution in [2.45, 2.75) is 6.54 Å². The van der Waals surface area contributed by atoms with E-state index >= 15 is 0 Å². The molecule has 0 spiro atoms. The summed E-state index contributed by atoms with van der Waals surface area (Å²) in [6.45, 7) is 0.489. The van der Waals surface area contributed by atoms with E-state index in [4.69, 9.17) is 11.6 Å². The van der Waals surface area contributed by atoms with Crippen LogP contribution in [0.25, 0.3) is 10.9 Å². The molecule has 0 aliphatic rings. The normalized spacial score (nSPS) is 10.8. The maximum absolute atomic E-state index is 12.2. The summed E-state index contributed by atoms with van der Waals surface area (Å²) in [7, 11) is 1.99. The van der Waals surface area contributed by atoms with Gasteiger partial charge in [0.15, 0.2) is 0 Å². The Balaban J connectivity index is 1.73. The molecule has 3 nitrogen and oxygen atoms in total. The van der Waals surface area contributed by atoms with Gasteiger partial charge in [0.2, 0.25) is 0 Å². The number of hydrogen-bond acceptors (Lipinski definition) is 1. The van der Waals surface area contributed by atoms with E-state index in [1.807, 2.05) is 66.3 Å². The van der Waals surface area contributed by atoms with Crippen molar-refractivity contribution < 1.29 is 4.79 Å². The van der Waals surface area contributed by atoms with Gasteiger partial charge < -0.3 is 9.88 Å². The minimum absolute atomic E-state index is 0.0734. The minimum atomic E-state index is -0.0734. The smallest absolute Gasteiger partial charge is 0.251 e. The molecule has 0 radical (unpaired) electrons. The largest absolute Gasteiger partial charge is 0.351 e. The molecule has 0 aliphatic carbocycles. The predicted octanol–water partition coefficient (Wildman–Crippen LogP) is 3.76. The summed E-state index contributed by atoms with van der Waals surface area (Å²) in [6, 6.07) is 15.2. The lowest BCUT2D eigenvalue weighted by Gasteiger charge is -2.06. The van der Waals surface area contributed by atoms with Crippen LogP contribution in [0.15, 0.2) is 54.7 Å². The quantitative estimate of drug-likeness (QED) is 0.785. The highest BCUT2D eigenvalue weighted by Crippen LogP contribution is 2.16. The summed E-state index contributed by atoms with van der Waals surface area (Å²) in [4.78, 5) is 12.2. The number of hydrogen-bond donors (Lipinski definition) is 1. The second-order valence-electron chi connectivity index (χ2n) is 5.01. The molecule has 1 amide bonds. The van der Waals surface area contributed by atoms with Crippen LogP contribution in [0.2, 0.25) is 5.02 Å². The van der Waals surface area contributed by atoms with E-state index in [2.05, 4.69) is 5.32 Å². The number of benzene rings is 2. The van der Waals surface area contributed by atoms with Gasteiger partial charge in [0.25, 0.3) is 5.91 Å². The summed E-state index contributed by atoms with van der Waals surface area (Å²) in [6.07, 6.45) is 1.99. The van der Waals surface area contributed by atoms with Crippen LogP contribution in [-0.2, 0) is 13.6 Å². The molecule has 0 saturated carbocycles. The number of carbonyl (C=O) groups is 1. The van der Waals surface area contributed by atoms with E-state index < -0.39 is 0 Å². The number of amides is 1. The standard InChI is InChI=1S/C17H15ClN2O/c1-20-9-8-13-10-14(4-7-16(13)20)17(21)19-11-12-2-5-15(18)6-3-12/h2-10H,11H2,1H3,(H,19,21). The molecule has 1 N–H and O–H groups in total. The van der Waals surface area contributed by atoms with Crippen molar-refractivity contribution in [2.24, 2.45) is 7.05 Å². The number of halogens is 1. The number of aromatic nitrogens is 1. The molecule has 0 fully saturated rings.